The van der Waals surface area contributed by atoms with Gasteiger partial charge in [-0.25, -0.2) is 0 Å². The van der Waals surface area contributed by atoms with E-state index in [1.165, 1.54) is 0 Å². The van der Waals surface area contributed by atoms with Crippen LogP contribution >= 0.6 is 0 Å². The molecular weight excluding hydrogens is 575 g/mol. The van der Waals surface area contributed by atoms with Crippen molar-refractivity contribution < 1.29 is 68.8 Å². The molecule has 0 fully saturated rings. The molecule has 2 aromatic carbocycles. The first-order valence-corrected chi connectivity index (χ1v) is 13.1. The van der Waals surface area contributed by atoms with E-state index in [9.17, 15) is 14.4 Å². The number of nitrogens with zero attached hydrogens (tertiary/aromatic N) is 2. The fourth-order valence-electron chi connectivity index (χ4n) is 4.17. The smallest absolute Gasteiger partial charge is 0.279 e. The molecule has 0 spiro atoms. The zero-order valence-electron chi connectivity index (χ0n) is 23.6. The second-order valence-corrected chi connectivity index (χ2v) is 9.87. The second kappa shape index (κ2) is 20.5. The third-order valence-corrected chi connectivity index (χ3v) is 6.28. The minimum Gasteiger partial charge on any atom is -1.00 e. The molecule has 10 N–H and O–H groups in total. The summed E-state index contributed by atoms with van der Waals surface area (Å²) >= 11 is 0. The van der Waals surface area contributed by atoms with Crippen LogP contribution in [0.1, 0.15) is 31.4 Å². The lowest BCUT2D eigenvalue weighted by atomic mass is 10.0. The van der Waals surface area contributed by atoms with Crippen LogP contribution in [0.2, 0.25) is 0 Å². The van der Waals surface area contributed by atoms with E-state index in [1.54, 1.807) is 18.7 Å². The first-order valence-electron chi connectivity index (χ1n) is 13.1. The largest absolute Gasteiger partial charge is 1.00 e. The van der Waals surface area contributed by atoms with E-state index in [1.807, 2.05) is 65.6 Å². The van der Waals surface area contributed by atoms with Crippen LogP contribution in [-0.4, -0.2) is 78.4 Å². The van der Waals surface area contributed by atoms with E-state index in [0.717, 1.165) is 11.1 Å². The Labute approximate surface area is 256 Å². The second-order valence-electron chi connectivity index (χ2n) is 9.87. The lowest BCUT2D eigenvalue weighted by Gasteiger charge is -2.33. The van der Waals surface area contributed by atoms with Gasteiger partial charge in [0.1, 0.15) is 5.54 Å². The minimum atomic E-state index is -1.15. The number of rotatable bonds is 15. The standard InChI is InChI=1S/C28H42N6O3.3ClH/c1-28(2,32-26(36)24(31)21-25(35)33(19-15-29)20-16-30)27(37)34(17-13-22-9-5-3-6-10-22)18-14-23-11-7-4-8-12-23;;;/h3-12,24H,13-21,29-31H2,1-2H3,(H,32,36);3*1H/t24-;;;/m0.../s1. The highest BCUT2D eigenvalue weighted by Gasteiger charge is 2.36. The monoisotopic (exact) mass is 618 g/mol. The summed E-state index contributed by atoms with van der Waals surface area (Å²) in [6.07, 6.45) is 1.40. The number of nitrogens with one attached hydrogen (secondary N) is 1. The molecule has 0 bridgehead atoms. The summed E-state index contributed by atoms with van der Waals surface area (Å²) in [5, 5.41) is 2.85. The molecule has 0 aromatic heterocycles. The molecule has 0 heterocycles. The van der Waals surface area contributed by atoms with Gasteiger partial charge in [0.05, 0.1) is 32.6 Å². The van der Waals surface area contributed by atoms with Crippen molar-refractivity contribution in [3.63, 3.8) is 0 Å². The Balaban J connectivity index is 0. The van der Waals surface area contributed by atoms with Crippen molar-refractivity contribution in [3.8, 4) is 0 Å². The van der Waals surface area contributed by atoms with Crippen molar-refractivity contribution in [2.24, 2.45) is 0 Å². The minimum absolute atomic E-state index is 0. The van der Waals surface area contributed by atoms with E-state index in [2.05, 4.69) is 22.5 Å². The fourth-order valence-corrected chi connectivity index (χ4v) is 4.17. The van der Waals surface area contributed by atoms with Crippen LogP contribution in [0.15, 0.2) is 60.7 Å². The van der Waals surface area contributed by atoms with Gasteiger partial charge in [-0.2, -0.15) is 0 Å². The van der Waals surface area contributed by atoms with E-state index in [0.29, 0.717) is 52.1 Å². The molecule has 0 unspecified atom stereocenters. The topological polar surface area (TPSA) is 153 Å². The van der Waals surface area contributed by atoms with Crippen LogP contribution in [0.3, 0.4) is 0 Å². The van der Waals surface area contributed by atoms with E-state index < -0.39 is 17.5 Å². The van der Waals surface area contributed by atoms with Crippen molar-refractivity contribution in [2.45, 2.75) is 44.7 Å². The summed E-state index contributed by atoms with van der Waals surface area (Å²) < 4.78 is 0. The van der Waals surface area contributed by atoms with Gasteiger partial charge in [0, 0.05) is 13.1 Å². The number of benzene rings is 2. The van der Waals surface area contributed by atoms with E-state index in [4.69, 9.17) is 0 Å². The predicted octanol–water partition coefficient (Wildman–Crippen LogP) is -10.5. The van der Waals surface area contributed by atoms with Gasteiger partial charge in [-0.3, -0.25) is 14.4 Å². The molecule has 226 valence electrons. The number of carbonyl (C=O) groups excluding carboxylic acids is 3. The molecule has 0 aliphatic carbocycles. The molecular formula is C28H45Cl3N6O3. The van der Waals surface area contributed by atoms with Gasteiger partial charge in [-0.05, 0) is 37.8 Å². The number of hydrogen-bond acceptors (Lipinski definition) is 3. The fraction of sp³-hybridized carbons (Fsp3) is 0.464. The van der Waals surface area contributed by atoms with Gasteiger partial charge < -0.3 is 69.5 Å². The third-order valence-electron chi connectivity index (χ3n) is 6.28. The molecule has 0 saturated heterocycles. The first kappa shape index (κ1) is 39.7. The molecule has 2 rings (SSSR count). The maximum absolute atomic E-state index is 13.7. The number of halogens is 3. The van der Waals surface area contributed by atoms with Crippen molar-refractivity contribution in [2.75, 3.05) is 39.3 Å². The Bertz CT molecular complexity index is 950. The summed E-state index contributed by atoms with van der Waals surface area (Å²) in [5.74, 6) is -0.733. The molecule has 1 atom stereocenters. The van der Waals surface area contributed by atoms with Crippen LogP contribution in [0.25, 0.3) is 0 Å². The van der Waals surface area contributed by atoms with E-state index >= 15 is 0 Å². The Morgan fingerprint density at radius 2 is 1.18 bits per heavy atom. The highest BCUT2D eigenvalue weighted by molar-refractivity contribution is 5.93. The summed E-state index contributed by atoms with van der Waals surface area (Å²) in [4.78, 5) is 42.8. The van der Waals surface area contributed by atoms with Gasteiger partial charge in [0.15, 0.2) is 6.04 Å². The third kappa shape index (κ3) is 13.3. The molecule has 3 amide bonds. The maximum Gasteiger partial charge on any atom is 0.279 e. The summed E-state index contributed by atoms with van der Waals surface area (Å²) in [5.41, 5.74) is 12.7. The number of hydrogen-bond donors (Lipinski definition) is 4. The molecule has 9 nitrogen and oxygen atoms in total. The number of amides is 3. The van der Waals surface area contributed by atoms with Gasteiger partial charge in [0.25, 0.3) is 5.91 Å². The van der Waals surface area contributed by atoms with Crippen LogP contribution in [0, 0.1) is 0 Å². The van der Waals surface area contributed by atoms with Gasteiger partial charge >= 0.3 is 0 Å². The van der Waals surface area contributed by atoms with Crippen LogP contribution in [-0.2, 0) is 27.2 Å². The highest BCUT2D eigenvalue weighted by atomic mass is 35.5. The molecule has 40 heavy (non-hydrogen) atoms. The number of carbonyl (C=O) groups is 3. The number of quaternary nitrogens is 3. The van der Waals surface area contributed by atoms with Crippen molar-refractivity contribution >= 4 is 17.7 Å². The molecule has 0 radical (unpaired) electrons. The molecule has 0 aliphatic rings. The normalized spacial score (nSPS) is 11.1. The summed E-state index contributed by atoms with van der Waals surface area (Å²) in [7, 11) is 0. The van der Waals surface area contributed by atoms with Crippen LogP contribution in [0.4, 0.5) is 0 Å². The Morgan fingerprint density at radius 1 is 0.750 bits per heavy atom. The maximum atomic E-state index is 13.7. The average molecular weight is 620 g/mol. The lowest BCUT2D eigenvalue weighted by Crippen LogP contribution is -3.00. The first-order chi connectivity index (χ1) is 17.7. The van der Waals surface area contributed by atoms with Crippen molar-refractivity contribution in [3.05, 3.63) is 71.8 Å². The Morgan fingerprint density at radius 3 is 1.57 bits per heavy atom. The zero-order valence-corrected chi connectivity index (χ0v) is 25.9. The van der Waals surface area contributed by atoms with Crippen molar-refractivity contribution in [1.82, 2.24) is 15.1 Å². The Kier molecular flexibility index (Phi) is 20.3. The highest BCUT2D eigenvalue weighted by Crippen LogP contribution is 2.13. The van der Waals surface area contributed by atoms with Crippen LogP contribution < -0.4 is 59.7 Å². The van der Waals surface area contributed by atoms with E-state index in [-0.39, 0.29) is 55.5 Å². The summed E-state index contributed by atoms with van der Waals surface area (Å²) in [6, 6.07) is 19.3. The molecule has 0 aliphatic heterocycles. The van der Waals surface area contributed by atoms with Crippen molar-refractivity contribution in [1.29, 1.82) is 0 Å². The molecule has 12 heteroatoms. The lowest BCUT2D eigenvalue weighted by molar-refractivity contribution is -0.403. The SMILES string of the molecule is CC(C)(NC(=O)[C@@H]([NH3+])CC(=O)N(CC[NH3+])CC[NH3+])C(=O)N(CCc1ccccc1)CCc1ccccc1.[Cl-].[Cl-].[Cl-]. The molecule has 2 aromatic rings. The zero-order chi connectivity index (χ0) is 27.3. The Hall–Kier alpha value is -2.40. The van der Waals surface area contributed by atoms with Gasteiger partial charge in [-0.1, -0.05) is 60.7 Å². The predicted molar refractivity (Wildman–Crippen MR) is 142 cm³/mol. The van der Waals surface area contributed by atoms with Crippen LogP contribution in [0.5, 0.6) is 0 Å². The average Bonchev–Trinajstić information content (AvgIpc) is 2.89. The molecule has 0 saturated carbocycles. The van der Waals surface area contributed by atoms with Gasteiger partial charge in [-0.15, -0.1) is 0 Å². The quantitative estimate of drug-likeness (QED) is 0.157. The summed E-state index contributed by atoms with van der Waals surface area (Å²) in [6.45, 7) is 6.69. The van der Waals surface area contributed by atoms with Gasteiger partial charge in [0.2, 0.25) is 11.8 Å².